The molecular formula is C24H18ClN3O3. The van der Waals surface area contributed by atoms with E-state index in [-0.39, 0.29) is 11.6 Å². The zero-order chi connectivity index (χ0) is 21.8. The number of ether oxygens (including phenoxy) is 1. The summed E-state index contributed by atoms with van der Waals surface area (Å²) in [4.78, 5) is 29.3. The number of carbonyl (C=O) groups excluding carboxylic acids is 2. The third-order valence-electron chi connectivity index (χ3n) is 4.57. The highest BCUT2D eigenvalue weighted by atomic mass is 35.5. The standard InChI is InChI=1S/C24H18ClN3O3/c1-16-6-5-7-18(14-16)23-26-22(27-28(23)20-8-3-2-4-9-20)24(30)31-15-21(29)17-10-12-19(25)13-11-17/h2-14H,15H2,1H3. The van der Waals surface area contributed by atoms with Crippen LogP contribution in [0.1, 0.15) is 26.5 Å². The molecule has 0 amide bonds. The summed E-state index contributed by atoms with van der Waals surface area (Å²) in [6, 6.07) is 23.5. The molecule has 1 heterocycles. The van der Waals surface area contributed by atoms with Crippen LogP contribution in [0.2, 0.25) is 5.02 Å². The van der Waals surface area contributed by atoms with Gasteiger partial charge in [0.15, 0.2) is 18.2 Å². The predicted molar refractivity (Wildman–Crippen MR) is 118 cm³/mol. The summed E-state index contributed by atoms with van der Waals surface area (Å²) < 4.78 is 6.77. The first-order valence-electron chi connectivity index (χ1n) is 9.57. The summed E-state index contributed by atoms with van der Waals surface area (Å²) in [6.45, 7) is 1.56. The zero-order valence-corrected chi connectivity index (χ0v) is 17.4. The lowest BCUT2D eigenvalue weighted by Gasteiger charge is -2.06. The molecule has 31 heavy (non-hydrogen) atoms. The summed E-state index contributed by atoms with van der Waals surface area (Å²) in [7, 11) is 0. The summed E-state index contributed by atoms with van der Waals surface area (Å²) in [5, 5.41) is 4.87. The minimum absolute atomic E-state index is 0.121. The van der Waals surface area contributed by atoms with Crippen molar-refractivity contribution in [3.8, 4) is 17.1 Å². The second-order valence-corrected chi connectivity index (χ2v) is 7.32. The molecule has 0 aliphatic carbocycles. The second-order valence-electron chi connectivity index (χ2n) is 6.88. The lowest BCUT2D eigenvalue weighted by Crippen LogP contribution is -2.15. The highest BCUT2D eigenvalue weighted by Gasteiger charge is 2.21. The first-order valence-corrected chi connectivity index (χ1v) is 9.94. The number of hydrogen-bond acceptors (Lipinski definition) is 5. The van der Waals surface area contributed by atoms with Gasteiger partial charge in [0.1, 0.15) is 0 Å². The van der Waals surface area contributed by atoms with Crippen molar-refractivity contribution >= 4 is 23.4 Å². The van der Waals surface area contributed by atoms with Gasteiger partial charge in [-0.15, -0.1) is 5.10 Å². The van der Waals surface area contributed by atoms with Crippen LogP contribution in [-0.4, -0.2) is 33.1 Å². The van der Waals surface area contributed by atoms with Gasteiger partial charge in [-0.3, -0.25) is 4.79 Å². The molecule has 0 spiro atoms. The molecule has 0 fully saturated rings. The van der Waals surface area contributed by atoms with E-state index in [1.165, 1.54) is 0 Å². The van der Waals surface area contributed by atoms with Gasteiger partial charge < -0.3 is 4.74 Å². The van der Waals surface area contributed by atoms with E-state index in [0.717, 1.165) is 16.8 Å². The smallest absolute Gasteiger partial charge is 0.378 e. The lowest BCUT2D eigenvalue weighted by molar-refractivity contribution is 0.0462. The Morgan fingerprint density at radius 1 is 0.968 bits per heavy atom. The molecule has 0 N–H and O–H groups in total. The van der Waals surface area contributed by atoms with Crippen molar-refractivity contribution < 1.29 is 14.3 Å². The number of rotatable bonds is 6. The Hall–Kier alpha value is -3.77. The van der Waals surface area contributed by atoms with Crippen LogP contribution in [-0.2, 0) is 4.74 Å². The van der Waals surface area contributed by atoms with E-state index in [9.17, 15) is 9.59 Å². The van der Waals surface area contributed by atoms with Gasteiger partial charge in [0.2, 0.25) is 0 Å². The van der Waals surface area contributed by atoms with Gasteiger partial charge in [-0.2, -0.15) is 0 Å². The van der Waals surface area contributed by atoms with Crippen LogP contribution in [0, 0.1) is 6.92 Å². The molecule has 0 atom stereocenters. The summed E-state index contributed by atoms with van der Waals surface area (Å²) >= 11 is 5.84. The molecule has 1 aromatic heterocycles. The Labute approximate surface area is 184 Å². The van der Waals surface area contributed by atoms with Gasteiger partial charge >= 0.3 is 5.97 Å². The number of benzene rings is 3. The van der Waals surface area contributed by atoms with Crippen molar-refractivity contribution in [1.29, 1.82) is 0 Å². The molecule has 4 rings (SSSR count). The number of carbonyl (C=O) groups is 2. The molecule has 7 heteroatoms. The minimum Gasteiger partial charge on any atom is -0.451 e. The minimum atomic E-state index is -0.772. The van der Waals surface area contributed by atoms with Crippen LogP contribution < -0.4 is 0 Å². The number of ketones is 1. The fourth-order valence-corrected chi connectivity index (χ4v) is 3.16. The van der Waals surface area contributed by atoms with Crippen LogP contribution in [0.4, 0.5) is 0 Å². The number of para-hydroxylation sites is 1. The third kappa shape index (κ3) is 4.70. The normalized spacial score (nSPS) is 10.6. The Morgan fingerprint density at radius 2 is 1.71 bits per heavy atom. The molecule has 0 saturated carbocycles. The Bertz CT molecular complexity index is 1230. The predicted octanol–water partition coefficient (Wildman–Crippen LogP) is 4.94. The van der Waals surface area contributed by atoms with Gasteiger partial charge in [-0.25, -0.2) is 14.5 Å². The van der Waals surface area contributed by atoms with Crippen molar-refractivity contribution in [2.75, 3.05) is 6.61 Å². The molecule has 0 unspecified atom stereocenters. The quantitative estimate of drug-likeness (QED) is 0.319. The number of hydrogen-bond donors (Lipinski definition) is 0. The molecule has 4 aromatic rings. The maximum Gasteiger partial charge on any atom is 0.378 e. The topological polar surface area (TPSA) is 74.1 Å². The van der Waals surface area contributed by atoms with Crippen molar-refractivity contribution in [1.82, 2.24) is 14.8 Å². The Morgan fingerprint density at radius 3 is 2.42 bits per heavy atom. The maximum atomic E-state index is 12.6. The SMILES string of the molecule is Cc1cccc(-c2nc(C(=O)OCC(=O)c3ccc(Cl)cc3)nn2-c2ccccc2)c1. The largest absolute Gasteiger partial charge is 0.451 e. The van der Waals surface area contributed by atoms with E-state index < -0.39 is 12.6 Å². The maximum absolute atomic E-state index is 12.6. The molecule has 0 bridgehead atoms. The summed E-state index contributed by atoms with van der Waals surface area (Å²) in [6.07, 6.45) is 0. The number of halogens is 1. The Kier molecular flexibility index (Phi) is 5.91. The van der Waals surface area contributed by atoms with E-state index in [2.05, 4.69) is 10.1 Å². The average molecular weight is 432 g/mol. The van der Waals surface area contributed by atoms with Crippen LogP contribution in [0.5, 0.6) is 0 Å². The van der Waals surface area contributed by atoms with Gasteiger partial charge in [-0.05, 0) is 49.4 Å². The molecule has 0 radical (unpaired) electrons. The van der Waals surface area contributed by atoms with Crippen LogP contribution in [0.3, 0.4) is 0 Å². The number of Topliss-reactive ketones (excluding diaryl/α,β-unsaturated/α-hetero) is 1. The highest BCUT2D eigenvalue weighted by molar-refractivity contribution is 6.30. The molecule has 0 saturated heterocycles. The molecule has 0 aliphatic heterocycles. The lowest BCUT2D eigenvalue weighted by atomic mass is 10.1. The zero-order valence-electron chi connectivity index (χ0n) is 16.7. The van der Waals surface area contributed by atoms with E-state index >= 15 is 0 Å². The second kappa shape index (κ2) is 8.93. The average Bonchev–Trinajstić information content (AvgIpc) is 3.24. The van der Waals surface area contributed by atoms with E-state index in [0.29, 0.717) is 16.4 Å². The summed E-state index contributed by atoms with van der Waals surface area (Å²) in [5.74, 6) is -0.729. The van der Waals surface area contributed by atoms with Crippen molar-refractivity contribution in [3.05, 3.63) is 101 Å². The first-order chi connectivity index (χ1) is 15.0. The molecule has 3 aromatic carbocycles. The number of esters is 1. The molecule has 154 valence electrons. The fourth-order valence-electron chi connectivity index (χ4n) is 3.03. The number of aryl methyl sites for hydroxylation is 1. The highest BCUT2D eigenvalue weighted by Crippen LogP contribution is 2.22. The summed E-state index contributed by atoms with van der Waals surface area (Å²) in [5.41, 5.74) is 3.02. The van der Waals surface area contributed by atoms with Gasteiger partial charge in [0, 0.05) is 16.1 Å². The van der Waals surface area contributed by atoms with Gasteiger partial charge in [-0.1, -0.05) is 53.6 Å². The van der Waals surface area contributed by atoms with Crippen LogP contribution in [0.15, 0.2) is 78.9 Å². The molecule has 6 nitrogen and oxygen atoms in total. The Balaban J connectivity index is 1.60. The molecular weight excluding hydrogens is 414 g/mol. The van der Waals surface area contributed by atoms with Crippen molar-refractivity contribution in [2.45, 2.75) is 6.92 Å². The van der Waals surface area contributed by atoms with Gasteiger partial charge in [0.25, 0.3) is 5.82 Å². The van der Waals surface area contributed by atoms with Crippen molar-refractivity contribution in [2.24, 2.45) is 0 Å². The third-order valence-corrected chi connectivity index (χ3v) is 4.82. The van der Waals surface area contributed by atoms with Crippen LogP contribution >= 0.6 is 11.6 Å². The number of aromatic nitrogens is 3. The van der Waals surface area contributed by atoms with Gasteiger partial charge in [0.05, 0.1) is 5.69 Å². The monoisotopic (exact) mass is 431 g/mol. The van der Waals surface area contributed by atoms with E-state index in [1.807, 2.05) is 61.5 Å². The van der Waals surface area contributed by atoms with E-state index in [1.54, 1.807) is 28.9 Å². The van der Waals surface area contributed by atoms with E-state index in [4.69, 9.17) is 16.3 Å². The number of nitrogens with zero attached hydrogens (tertiary/aromatic N) is 3. The van der Waals surface area contributed by atoms with Crippen molar-refractivity contribution in [3.63, 3.8) is 0 Å². The molecule has 0 aliphatic rings. The van der Waals surface area contributed by atoms with Crippen LogP contribution in [0.25, 0.3) is 17.1 Å². The first kappa shape index (κ1) is 20.5. The fraction of sp³-hybridized carbons (Fsp3) is 0.0833.